The van der Waals surface area contributed by atoms with Gasteiger partial charge in [-0.1, -0.05) is 6.07 Å². The van der Waals surface area contributed by atoms with Crippen LogP contribution in [0.1, 0.15) is 24.6 Å². The Morgan fingerprint density at radius 2 is 2.50 bits per heavy atom. The van der Waals surface area contributed by atoms with Crippen molar-refractivity contribution in [2.75, 3.05) is 13.1 Å². The van der Waals surface area contributed by atoms with E-state index < -0.39 is 0 Å². The summed E-state index contributed by atoms with van der Waals surface area (Å²) in [6.07, 6.45) is 4.10. The Labute approximate surface area is 84.7 Å². The van der Waals surface area contributed by atoms with Gasteiger partial charge in [0.15, 0.2) is 0 Å². The Morgan fingerprint density at radius 1 is 1.57 bits per heavy atom. The molecule has 0 bridgehead atoms. The lowest BCUT2D eigenvalue weighted by atomic mass is 9.97. The van der Waals surface area contributed by atoms with E-state index in [-0.39, 0.29) is 6.04 Å². The third kappa shape index (κ3) is 2.30. The van der Waals surface area contributed by atoms with Crippen LogP contribution < -0.4 is 11.1 Å². The minimum atomic E-state index is 0.0982. The van der Waals surface area contributed by atoms with Crippen molar-refractivity contribution in [1.82, 2.24) is 10.3 Å². The molecule has 1 aromatic rings. The smallest absolute Gasteiger partial charge is 0.0571 e. The van der Waals surface area contributed by atoms with Crippen LogP contribution in [-0.4, -0.2) is 18.1 Å². The fourth-order valence-corrected chi connectivity index (χ4v) is 1.99. The molecule has 1 aliphatic rings. The normalized spacial score (nSPS) is 23.6. The standard InChI is InChI=1S/C11H17N3/c12-10(7-9-4-6-13-8-9)11-3-1-2-5-14-11/h1-3,5,9-10,13H,4,6-8,12H2. The molecule has 3 nitrogen and oxygen atoms in total. The number of pyridine rings is 1. The Bertz CT molecular complexity index is 267. The second-order valence-electron chi connectivity index (χ2n) is 3.96. The SMILES string of the molecule is NC(CC1CCNC1)c1ccccn1. The monoisotopic (exact) mass is 191 g/mol. The van der Waals surface area contributed by atoms with Gasteiger partial charge < -0.3 is 11.1 Å². The average Bonchev–Trinajstić information content (AvgIpc) is 2.72. The van der Waals surface area contributed by atoms with Crippen LogP contribution in [0.4, 0.5) is 0 Å². The Balaban J connectivity index is 1.92. The summed E-state index contributed by atoms with van der Waals surface area (Å²) in [6, 6.07) is 6.02. The predicted molar refractivity (Wildman–Crippen MR) is 56.8 cm³/mol. The van der Waals surface area contributed by atoms with Gasteiger partial charge >= 0.3 is 0 Å². The molecule has 2 heterocycles. The van der Waals surface area contributed by atoms with Gasteiger partial charge in [0.2, 0.25) is 0 Å². The lowest BCUT2D eigenvalue weighted by molar-refractivity contribution is 0.467. The second kappa shape index (κ2) is 4.53. The van der Waals surface area contributed by atoms with Crippen LogP contribution in [0.15, 0.2) is 24.4 Å². The minimum absolute atomic E-state index is 0.0982. The van der Waals surface area contributed by atoms with E-state index >= 15 is 0 Å². The molecule has 1 saturated heterocycles. The van der Waals surface area contributed by atoms with E-state index in [0.717, 1.165) is 31.1 Å². The lowest BCUT2D eigenvalue weighted by Crippen LogP contribution is -2.18. The largest absolute Gasteiger partial charge is 0.323 e. The molecule has 2 rings (SSSR count). The average molecular weight is 191 g/mol. The molecule has 0 radical (unpaired) electrons. The van der Waals surface area contributed by atoms with E-state index in [9.17, 15) is 0 Å². The van der Waals surface area contributed by atoms with Crippen LogP contribution in [0.2, 0.25) is 0 Å². The number of nitrogens with one attached hydrogen (secondary N) is 1. The summed E-state index contributed by atoms with van der Waals surface area (Å²) in [5, 5.41) is 3.35. The van der Waals surface area contributed by atoms with Gasteiger partial charge in [-0.2, -0.15) is 0 Å². The molecule has 2 unspecified atom stereocenters. The second-order valence-corrected chi connectivity index (χ2v) is 3.96. The zero-order valence-corrected chi connectivity index (χ0v) is 8.32. The molecule has 0 amide bonds. The summed E-state index contributed by atoms with van der Waals surface area (Å²) in [4.78, 5) is 4.28. The van der Waals surface area contributed by atoms with Gasteiger partial charge in [0.05, 0.1) is 5.69 Å². The Hall–Kier alpha value is -0.930. The van der Waals surface area contributed by atoms with E-state index in [1.54, 1.807) is 0 Å². The molecule has 3 N–H and O–H groups in total. The maximum Gasteiger partial charge on any atom is 0.0571 e. The highest BCUT2D eigenvalue weighted by molar-refractivity contribution is 5.08. The first-order chi connectivity index (χ1) is 6.86. The zero-order chi connectivity index (χ0) is 9.80. The van der Waals surface area contributed by atoms with Gasteiger partial charge in [0, 0.05) is 12.2 Å². The first-order valence-corrected chi connectivity index (χ1v) is 5.23. The number of rotatable bonds is 3. The van der Waals surface area contributed by atoms with E-state index in [2.05, 4.69) is 10.3 Å². The number of hydrogen-bond acceptors (Lipinski definition) is 3. The first kappa shape index (κ1) is 9.62. The predicted octanol–water partition coefficient (Wildman–Crippen LogP) is 1.08. The molecule has 1 fully saturated rings. The molecule has 14 heavy (non-hydrogen) atoms. The fourth-order valence-electron chi connectivity index (χ4n) is 1.99. The molecular formula is C11H17N3. The van der Waals surface area contributed by atoms with Crippen molar-refractivity contribution in [3.8, 4) is 0 Å². The Kier molecular flexibility index (Phi) is 3.11. The number of nitrogens with two attached hydrogens (primary N) is 1. The van der Waals surface area contributed by atoms with Gasteiger partial charge in [0.25, 0.3) is 0 Å². The molecular weight excluding hydrogens is 174 g/mol. The molecule has 0 aromatic carbocycles. The summed E-state index contributed by atoms with van der Waals surface area (Å²) in [6.45, 7) is 2.25. The summed E-state index contributed by atoms with van der Waals surface area (Å²) in [5.41, 5.74) is 7.10. The zero-order valence-electron chi connectivity index (χ0n) is 8.32. The fraction of sp³-hybridized carbons (Fsp3) is 0.545. The van der Waals surface area contributed by atoms with Crippen LogP contribution in [0.3, 0.4) is 0 Å². The first-order valence-electron chi connectivity index (χ1n) is 5.23. The summed E-state index contributed by atoms with van der Waals surface area (Å²) in [7, 11) is 0. The van der Waals surface area contributed by atoms with E-state index in [0.29, 0.717) is 0 Å². The quantitative estimate of drug-likeness (QED) is 0.751. The third-order valence-electron chi connectivity index (χ3n) is 2.82. The lowest BCUT2D eigenvalue weighted by Gasteiger charge is -2.14. The van der Waals surface area contributed by atoms with Gasteiger partial charge in [-0.15, -0.1) is 0 Å². The molecule has 1 aromatic heterocycles. The topological polar surface area (TPSA) is 50.9 Å². The van der Waals surface area contributed by atoms with Crippen molar-refractivity contribution in [2.24, 2.45) is 11.7 Å². The number of hydrogen-bond donors (Lipinski definition) is 2. The highest BCUT2D eigenvalue weighted by atomic mass is 14.9. The maximum absolute atomic E-state index is 6.08. The van der Waals surface area contributed by atoms with Gasteiger partial charge in [-0.05, 0) is 44.0 Å². The van der Waals surface area contributed by atoms with Gasteiger partial charge in [-0.25, -0.2) is 0 Å². The van der Waals surface area contributed by atoms with E-state index in [1.165, 1.54) is 6.42 Å². The van der Waals surface area contributed by atoms with Crippen LogP contribution in [0, 0.1) is 5.92 Å². The molecule has 3 heteroatoms. The van der Waals surface area contributed by atoms with E-state index in [1.807, 2.05) is 24.4 Å². The van der Waals surface area contributed by atoms with Crippen molar-refractivity contribution in [3.05, 3.63) is 30.1 Å². The maximum atomic E-state index is 6.08. The van der Waals surface area contributed by atoms with Crippen molar-refractivity contribution < 1.29 is 0 Å². The van der Waals surface area contributed by atoms with Crippen molar-refractivity contribution in [2.45, 2.75) is 18.9 Å². The number of nitrogens with zero attached hydrogens (tertiary/aromatic N) is 1. The highest BCUT2D eigenvalue weighted by Gasteiger charge is 2.18. The Morgan fingerprint density at radius 3 is 3.14 bits per heavy atom. The molecule has 0 spiro atoms. The molecule has 1 aliphatic heterocycles. The summed E-state index contributed by atoms with van der Waals surface area (Å²) < 4.78 is 0. The van der Waals surface area contributed by atoms with Crippen LogP contribution >= 0.6 is 0 Å². The van der Waals surface area contributed by atoms with Crippen LogP contribution in [-0.2, 0) is 0 Å². The highest BCUT2D eigenvalue weighted by Crippen LogP contribution is 2.21. The van der Waals surface area contributed by atoms with Crippen molar-refractivity contribution >= 4 is 0 Å². The third-order valence-corrected chi connectivity index (χ3v) is 2.82. The van der Waals surface area contributed by atoms with Gasteiger partial charge in [0.1, 0.15) is 0 Å². The van der Waals surface area contributed by atoms with Crippen LogP contribution in [0.5, 0.6) is 0 Å². The molecule has 2 atom stereocenters. The molecule has 0 saturated carbocycles. The minimum Gasteiger partial charge on any atom is -0.323 e. The van der Waals surface area contributed by atoms with Crippen LogP contribution in [0.25, 0.3) is 0 Å². The molecule has 76 valence electrons. The van der Waals surface area contributed by atoms with Crippen molar-refractivity contribution in [1.29, 1.82) is 0 Å². The number of aromatic nitrogens is 1. The summed E-state index contributed by atoms with van der Waals surface area (Å²) in [5.74, 6) is 0.729. The van der Waals surface area contributed by atoms with E-state index in [4.69, 9.17) is 5.73 Å². The van der Waals surface area contributed by atoms with Crippen molar-refractivity contribution in [3.63, 3.8) is 0 Å². The molecule has 0 aliphatic carbocycles. The summed E-state index contributed by atoms with van der Waals surface area (Å²) >= 11 is 0. The van der Waals surface area contributed by atoms with Gasteiger partial charge in [-0.3, -0.25) is 4.98 Å².